The number of fused-ring (bicyclic) bond motifs is 1. The van der Waals surface area contributed by atoms with E-state index in [1.807, 2.05) is 56.3 Å². The Bertz CT molecular complexity index is 1780. The summed E-state index contributed by atoms with van der Waals surface area (Å²) in [6, 6.07) is 7.80. The van der Waals surface area contributed by atoms with E-state index in [1.165, 1.54) is 0 Å². The highest BCUT2D eigenvalue weighted by molar-refractivity contribution is 6.06. The first-order valence-corrected chi connectivity index (χ1v) is 13.9. The fourth-order valence-electron chi connectivity index (χ4n) is 5.13. The summed E-state index contributed by atoms with van der Waals surface area (Å²) >= 11 is 0. The van der Waals surface area contributed by atoms with E-state index in [9.17, 15) is 9.18 Å². The van der Waals surface area contributed by atoms with E-state index >= 15 is 0 Å². The van der Waals surface area contributed by atoms with Crippen LogP contribution >= 0.6 is 0 Å². The Labute approximate surface area is 246 Å². The van der Waals surface area contributed by atoms with Gasteiger partial charge in [-0.15, -0.1) is 0 Å². The molecule has 222 valence electrons. The molecule has 1 aliphatic heterocycles. The van der Waals surface area contributed by atoms with Gasteiger partial charge >= 0.3 is 6.01 Å². The highest BCUT2D eigenvalue weighted by Gasteiger charge is 2.27. The van der Waals surface area contributed by atoms with Crippen LogP contribution in [0.15, 0.2) is 42.9 Å². The maximum absolute atomic E-state index is 13.7. The van der Waals surface area contributed by atoms with Gasteiger partial charge in [-0.25, -0.2) is 19.3 Å². The molecule has 1 aliphatic rings. The lowest BCUT2D eigenvalue weighted by molar-refractivity contribution is -0.117. The number of hydrogen-bond acceptors (Lipinski definition) is 10. The SMILES string of the molecule is CNc1nc(OC2CCN(CC(=O)Nc3cccc4c(-c5nc(Nc6cc(C)n(C)n6)ncc5C)c[nH]c34)C2)ncc1F. The number of aromatic amines is 1. The molecule has 0 saturated carbocycles. The standard InChI is InChI=1S/C29H32FN11O2/c1-16-11-33-28(36-23-10-17(2)40(4)39-23)37-25(16)20-12-32-26-19(20)6-5-7-22(26)35-24(42)15-41-9-8-18(14-41)43-29-34-13-21(30)27(31-3)38-29/h5-7,10-13,18,32H,8-9,14-15H2,1-4H3,(H,35,42)(H,31,34,38)(H,33,36,37,39). The molecule has 0 aliphatic carbocycles. The summed E-state index contributed by atoms with van der Waals surface area (Å²) in [5.41, 5.74) is 5.08. The predicted molar refractivity (Wildman–Crippen MR) is 161 cm³/mol. The summed E-state index contributed by atoms with van der Waals surface area (Å²) in [6.07, 6.45) is 5.25. The number of nitrogens with zero attached hydrogens (tertiary/aromatic N) is 7. The van der Waals surface area contributed by atoms with Crippen molar-refractivity contribution in [2.75, 3.05) is 42.6 Å². The minimum absolute atomic E-state index is 0.0763. The van der Waals surface area contributed by atoms with Crippen LogP contribution in [-0.4, -0.2) is 78.3 Å². The molecule has 1 aromatic carbocycles. The van der Waals surface area contributed by atoms with Crippen LogP contribution in [0.5, 0.6) is 6.01 Å². The number of likely N-dealkylation sites (tertiary alicyclic amines) is 1. The number of aryl methyl sites for hydroxylation is 3. The number of hydrogen-bond donors (Lipinski definition) is 4. The van der Waals surface area contributed by atoms with Gasteiger partial charge in [-0.05, 0) is 31.9 Å². The molecule has 1 unspecified atom stereocenters. The van der Waals surface area contributed by atoms with Gasteiger partial charge in [0.2, 0.25) is 11.9 Å². The Balaban J connectivity index is 1.13. The zero-order valence-corrected chi connectivity index (χ0v) is 24.3. The van der Waals surface area contributed by atoms with E-state index < -0.39 is 5.82 Å². The summed E-state index contributed by atoms with van der Waals surface area (Å²) in [6.45, 7) is 5.34. The second-order valence-corrected chi connectivity index (χ2v) is 10.5. The Morgan fingerprint density at radius 1 is 1.21 bits per heavy atom. The number of rotatable bonds is 9. The van der Waals surface area contributed by atoms with E-state index in [4.69, 9.17) is 9.72 Å². The van der Waals surface area contributed by atoms with E-state index in [2.05, 4.69) is 41.0 Å². The Morgan fingerprint density at radius 3 is 2.86 bits per heavy atom. The fraction of sp³-hybridized carbons (Fsp3) is 0.310. The average Bonchev–Trinajstić information content (AvgIpc) is 3.70. The topological polar surface area (TPSA) is 151 Å². The highest BCUT2D eigenvalue weighted by Crippen LogP contribution is 2.33. The van der Waals surface area contributed by atoms with Crippen LogP contribution in [-0.2, 0) is 11.8 Å². The molecule has 6 rings (SSSR count). The number of carbonyl (C=O) groups is 1. The molecule has 14 heteroatoms. The van der Waals surface area contributed by atoms with Crippen molar-refractivity contribution < 1.29 is 13.9 Å². The third kappa shape index (κ3) is 5.95. The third-order valence-electron chi connectivity index (χ3n) is 7.40. The van der Waals surface area contributed by atoms with Crippen molar-refractivity contribution in [2.45, 2.75) is 26.4 Å². The van der Waals surface area contributed by atoms with Gasteiger partial charge in [0.05, 0.1) is 29.6 Å². The van der Waals surface area contributed by atoms with E-state index in [1.54, 1.807) is 17.9 Å². The lowest BCUT2D eigenvalue weighted by Crippen LogP contribution is -2.33. The fourth-order valence-corrected chi connectivity index (χ4v) is 5.13. The molecule has 1 amide bonds. The van der Waals surface area contributed by atoms with Crippen molar-refractivity contribution in [3.8, 4) is 17.3 Å². The predicted octanol–water partition coefficient (Wildman–Crippen LogP) is 3.78. The lowest BCUT2D eigenvalue weighted by atomic mass is 10.1. The zero-order chi connectivity index (χ0) is 30.1. The van der Waals surface area contributed by atoms with Gasteiger partial charge in [0, 0.05) is 62.3 Å². The summed E-state index contributed by atoms with van der Waals surface area (Å²) in [5, 5.41) is 14.3. The van der Waals surface area contributed by atoms with Crippen molar-refractivity contribution in [1.82, 2.24) is 39.6 Å². The highest BCUT2D eigenvalue weighted by atomic mass is 19.1. The van der Waals surface area contributed by atoms with Crippen molar-refractivity contribution in [2.24, 2.45) is 7.05 Å². The third-order valence-corrected chi connectivity index (χ3v) is 7.40. The smallest absolute Gasteiger partial charge is 0.318 e. The van der Waals surface area contributed by atoms with Gasteiger partial charge in [0.15, 0.2) is 17.5 Å². The summed E-state index contributed by atoms with van der Waals surface area (Å²) in [7, 11) is 3.46. The van der Waals surface area contributed by atoms with E-state index in [-0.39, 0.29) is 30.4 Å². The zero-order valence-electron chi connectivity index (χ0n) is 24.3. The monoisotopic (exact) mass is 585 g/mol. The van der Waals surface area contributed by atoms with Crippen LogP contribution in [0, 0.1) is 19.7 Å². The second kappa shape index (κ2) is 11.6. The van der Waals surface area contributed by atoms with Gasteiger partial charge in [-0.1, -0.05) is 12.1 Å². The normalized spacial score (nSPS) is 15.1. The summed E-state index contributed by atoms with van der Waals surface area (Å²) < 4.78 is 21.3. The van der Waals surface area contributed by atoms with Crippen molar-refractivity contribution >= 4 is 40.1 Å². The average molecular weight is 586 g/mol. The van der Waals surface area contributed by atoms with Gasteiger partial charge in [0.1, 0.15) is 6.10 Å². The largest absolute Gasteiger partial charge is 0.459 e. The molecule has 5 heterocycles. The van der Waals surface area contributed by atoms with Gasteiger partial charge in [-0.3, -0.25) is 14.4 Å². The molecule has 13 nitrogen and oxygen atoms in total. The van der Waals surface area contributed by atoms with Crippen LogP contribution in [0.3, 0.4) is 0 Å². The minimum atomic E-state index is -0.548. The second-order valence-electron chi connectivity index (χ2n) is 10.5. The van der Waals surface area contributed by atoms with Crippen molar-refractivity contribution in [3.63, 3.8) is 0 Å². The van der Waals surface area contributed by atoms with Crippen LogP contribution in [0.1, 0.15) is 17.7 Å². The number of H-pyrrole nitrogens is 1. The number of nitrogens with one attached hydrogen (secondary N) is 4. The summed E-state index contributed by atoms with van der Waals surface area (Å²) in [5.74, 6) is 0.496. The molecule has 0 spiro atoms. The van der Waals surface area contributed by atoms with Crippen LogP contribution in [0.2, 0.25) is 0 Å². The molecule has 0 bridgehead atoms. The van der Waals surface area contributed by atoms with Gasteiger partial charge in [-0.2, -0.15) is 10.1 Å². The first-order valence-electron chi connectivity index (χ1n) is 13.9. The van der Waals surface area contributed by atoms with Crippen LogP contribution in [0.25, 0.3) is 22.2 Å². The van der Waals surface area contributed by atoms with E-state index in [0.29, 0.717) is 37.0 Å². The summed E-state index contributed by atoms with van der Waals surface area (Å²) in [4.78, 5) is 35.5. The number of aromatic nitrogens is 7. The number of halogens is 1. The number of amides is 1. The first kappa shape index (κ1) is 28.0. The van der Waals surface area contributed by atoms with Crippen molar-refractivity contribution in [3.05, 3.63) is 59.9 Å². The number of benzene rings is 1. The maximum Gasteiger partial charge on any atom is 0.318 e. The number of carbonyl (C=O) groups excluding carboxylic acids is 1. The Hall–Kier alpha value is -5.11. The van der Waals surface area contributed by atoms with E-state index in [0.717, 1.165) is 39.6 Å². The molecule has 4 aromatic heterocycles. The molecule has 0 radical (unpaired) electrons. The lowest BCUT2D eigenvalue weighted by Gasteiger charge is -2.16. The Morgan fingerprint density at radius 2 is 2.07 bits per heavy atom. The number of ether oxygens (including phenoxy) is 1. The molecule has 5 aromatic rings. The number of para-hydroxylation sites is 1. The molecule has 1 saturated heterocycles. The minimum Gasteiger partial charge on any atom is -0.459 e. The number of anilines is 4. The van der Waals surface area contributed by atoms with Crippen LogP contribution in [0.4, 0.5) is 27.7 Å². The quantitative estimate of drug-likeness (QED) is 0.201. The Kier molecular flexibility index (Phi) is 7.59. The molecular formula is C29H32FN11O2. The molecule has 1 atom stereocenters. The first-order chi connectivity index (χ1) is 20.8. The van der Waals surface area contributed by atoms with Gasteiger partial charge < -0.3 is 25.7 Å². The molecule has 1 fully saturated rings. The molecule has 43 heavy (non-hydrogen) atoms. The van der Waals surface area contributed by atoms with Gasteiger partial charge in [0.25, 0.3) is 0 Å². The molecular weight excluding hydrogens is 553 g/mol. The van der Waals surface area contributed by atoms with Crippen LogP contribution < -0.4 is 20.7 Å². The maximum atomic E-state index is 13.7. The molecule has 4 N–H and O–H groups in total. The van der Waals surface area contributed by atoms with Crippen molar-refractivity contribution in [1.29, 1.82) is 0 Å².